The van der Waals surface area contributed by atoms with Crippen LogP contribution in [0.25, 0.3) is 121 Å². The minimum atomic E-state index is -0.262. The van der Waals surface area contributed by atoms with E-state index in [0.717, 1.165) is 61.8 Å². The van der Waals surface area contributed by atoms with Crippen molar-refractivity contribution in [3.63, 3.8) is 0 Å². The van der Waals surface area contributed by atoms with Crippen molar-refractivity contribution in [3.8, 4) is 55.9 Å². The molecule has 0 saturated carbocycles. The molecule has 0 fully saturated rings. The molecule has 13 aromatic carbocycles. The van der Waals surface area contributed by atoms with Crippen LogP contribution in [0.2, 0.25) is 0 Å². The van der Waals surface area contributed by atoms with Crippen LogP contribution in [0.15, 0.2) is 273 Å². The lowest BCUT2D eigenvalue weighted by molar-refractivity contribution is 0.569. The second kappa shape index (κ2) is 23.4. The first-order chi connectivity index (χ1) is 48.8. The summed E-state index contributed by atoms with van der Waals surface area (Å²) < 4.78 is 5.29. The number of nitrogens with zero attached hydrogens (tertiary/aromatic N) is 3. The van der Waals surface area contributed by atoms with E-state index in [1.165, 1.54) is 121 Å². The number of fused-ring (bicyclic) bond motifs is 14. The average molecular weight is 1320 g/mol. The summed E-state index contributed by atoms with van der Waals surface area (Å²) in [7, 11) is 0. The van der Waals surface area contributed by atoms with E-state index in [4.69, 9.17) is 0 Å². The minimum Gasteiger partial charge on any atom is -0.310 e. The van der Waals surface area contributed by atoms with Gasteiger partial charge in [-0.15, -0.1) is 0 Å². The molecule has 0 N–H and O–H groups in total. The van der Waals surface area contributed by atoms with Crippen LogP contribution in [-0.2, 0) is 27.1 Å². The van der Waals surface area contributed by atoms with Crippen LogP contribution in [0, 0.1) is 0 Å². The number of benzene rings is 13. The van der Waals surface area contributed by atoms with Gasteiger partial charge in [0.1, 0.15) is 0 Å². The Hall–Kier alpha value is -10.7. The summed E-state index contributed by atoms with van der Waals surface area (Å²) in [6.07, 6.45) is 0. The Kier molecular flexibility index (Phi) is 14.9. The molecule has 2 aliphatic rings. The summed E-state index contributed by atoms with van der Waals surface area (Å²) in [6, 6.07) is 106. The molecular weight excluding hydrogens is 1230 g/mol. The number of para-hydroxylation sites is 2. The fraction of sp³-hybridized carbons (Fsp3) is 0.204. The van der Waals surface area contributed by atoms with Gasteiger partial charge in [0, 0.05) is 60.9 Å². The minimum absolute atomic E-state index is 0.0175. The molecule has 0 saturated heterocycles. The second-order valence-corrected chi connectivity index (χ2v) is 34.2. The lowest BCUT2D eigenvalue weighted by Gasteiger charge is -2.43. The molecule has 0 bridgehead atoms. The maximum absolute atomic E-state index is 2.73. The maximum Gasteiger partial charge on any atom is 0.252 e. The second-order valence-electron chi connectivity index (χ2n) is 34.2. The molecule has 17 rings (SSSR count). The number of hydrogen-bond acceptors (Lipinski definition) is 1. The van der Waals surface area contributed by atoms with Crippen molar-refractivity contribution in [3.05, 3.63) is 301 Å². The zero-order valence-electron chi connectivity index (χ0n) is 61.9. The number of aromatic nitrogens is 2. The SMILES string of the molecule is CC(C)(C)c1ccc(-c2cc3c4c(c2)c2ccccc2c2ccccc2c2ccccc2n4-c2cc(-c4cc(C(C)(C)C)cc(C(C)(C)C)c4)cc4c2B3c2ccc(-n3c5ccc(C(C)(C)C)cc5c5cc(C(C)(C)C)ccc53)cc2N4c2c(-c3ccccc3)cccc2-c2ccccc2)cc1. The summed E-state index contributed by atoms with van der Waals surface area (Å²) in [5.74, 6) is 0. The van der Waals surface area contributed by atoms with E-state index in [-0.39, 0.29) is 33.8 Å². The molecule has 0 amide bonds. The van der Waals surface area contributed by atoms with Gasteiger partial charge in [-0.1, -0.05) is 316 Å². The third-order valence-corrected chi connectivity index (χ3v) is 22.3. The van der Waals surface area contributed by atoms with Crippen LogP contribution in [0.4, 0.5) is 17.1 Å². The van der Waals surface area contributed by atoms with Crippen LogP contribution in [0.3, 0.4) is 0 Å². The zero-order chi connectivity index (χ0) is 70.7. The molecule has 2 aliphatic heterocycles. The molecule has 0 radical (unpaired) electrons. The van der Waals surface area contributed by atoms with Gasteiger partial charge < -0.3 is 14.0 Å². The van der Waals surface area contributed by atoms with Crippen LogP contribution >= 0.6 is 0 Å². The topological polar surface area (TPSA) is 13.1 Å². The molecule has 102 heavy (non-hydrogen) atoms. The Morgan fingerprint density at radius 1 is 0.245 bits per heavy atom. The average Bonchev–Trinajstić information content (AvgIpc) is 0.852. The Bertz CT molecular complexity index is 5840. The molecule has 2 aromatic heterocycles. The van der Waals surface area contributed by atoms with E-state index >= 15 is 0 Å². The summed E-state index contributed by atoms with van der Waals surface area (Å²) in [4.78, 5) is 2.73. The molecule has 500 valence electrons. The standard InChI is InChI=1S/C98H90BN3/c1-94(2,3)67-43-41-61(42-44-67)65-53-82-78-36-25-23-34-76(78)75-33-22-24-35-77(75)79-37-26-27-40-85(79)101-89-55-66(64-51-70(97(10,11)12)57-71(52-64)98(13,14)15)56-90-91(89)99(84(54-65)93(82)101)83-48-47-72(100-86-49-45-68(95(4,5)6)58-80(86)81-59-69(96(7,8)9)46-50-87(81)100)60-88(83)102(90)92-73(62-29-18-16-19-30-62)38-28-39-74(92)63-31-20-17-21-32-63/h16-60H,1-15H3. The van der Waals surface area contributed by atoms with E-state index in [1.54, 1.807) is 0 Å². The van der Waals surface area contributed by atoms with Crippen molar-refractivity contribution in [1.29, 1.82) is 0 Å². The lowest BCUT2D eigenvalue weighted by Crippen LogP contribution is -2.60. The van der Waals surface area contributed by atoms with Crippen LogP contribution in [0.1, 0.15) is 132 Å². The molecule has 15 aromatic rings. The molecule has 0 unspecified atom stereocenters. The molecular formula is C98H90BN3. The van der Waals surface area contributed by atoms with Gasteiger partial charge in [-0.2, -0.15) is 0 Å². The summed E-state index contributed by atoms with van der Waals surface area (Å²) >= 11 is 0. The van der Waals surface area contributed by atoms with Gasteiger partial charge in [-0.3, -0.25) is 0 Å². The highest BCUT2D eigenvalue weighted by Gasteiger charge is 2.44. The van der Waals surface area contributed by atoms with Crippen molar-refractivity contribution in [2.24, 2.45) is 0 Å². The number of anilines is 3. The monoisotopic (exact) mass is 1320 g/mol. The first-order valence-electron chi connectivity index (χ1n) is 36.8. The number of hydrogen-bond donors (Lipinski definition) is 0. The van der Waals surface area contributed by atoms with E-state index < -0.39 is 0 Å². The Morgan fingerprint density at radius 2 is 0.686 bits per heavy atom. The van der Waals surface area contributed by atoms with Gasteiger partial charge in [-0.25, -0.2) is 0 Å². The van der Waals surface area contributed by atoms with Crippen molar-refractivity contribution in [1.82, 2.24) is 9.13 Å². The molecule has 4 heterocycles. The first-order valence-corrected chi connectivity index (χ1v) is 36.8. The van der Waals surface area contributed by atoms with Gasteiger partial charge in [-0.05, 0) is 187 Å². The number of rotatable bonds is 6. The fourth-order valence-electron chi connectivity index (χ4n) is 16.6. The Labute approximate surface area is 603 Å². The molecule has 0 atom stereocenters. The van der Waals surface area contributed by atoms with Crippen molar-refractivity contribution in [2.45, 2.75) is 131 Å². The molecule has 3 nitrogen and oxygen atoms in total. The summed E-state index contributed by atoms with van der Waals surface area (Å²) in [6.45, 7) is 34.9. The Balaban J connectivity index is 1.12. The van der Waals surface area contributed by atoms with Gasteiger partial charge in [0.05, 0.1) is 22.2 Å². The highest BCUT2D eigenvalue weighted by Crippen LogP contribution is 2.52. The lowest BCUT2D eigenvalue weighted by atomic mass is 9.33. The highest BCUT2D eigenvalue weighted by molar-refractivity contribution is 7.00. The summed E-state index contributed by atoms with van der Waals surface area (Å²) in [5, 5.41) is 9.73. The third kappa shape index (κ3) is 10.7. The largest absolute Gasteiger partial charge is 0.310 e. The van der Waals surface area contributed by atoms with E-state index in [0.29, 0.717) is 0 Å². The van der Waals surface area contributed by atoms with Crippen molar-refractivity contribution < 1.29 is 0 Å². The third-order valence-electron chi connectivity index (χ3n) is 22.3. The molecule has 0 spiro atoms. The van der Waals surface area contributed by atoms with E-state index in [2.05, 4.69) is 391 Å². The van der Waals surface area contributed by atoms with Gasteiger partial charge in [0.25, 0.3) is 6.71 Å². The first kappa shape index (κ1) is 64.7. The molecule has 0 aliphatic carbocycles. The highest BCUT2D eigenvalue weighted by atomic mass is 15.2. The predicted octanol–water partition coefficient (Wildman–Crippen LogP) is 25.1. The quantitative estimate of drug-likeness (QED) is 0.151. The molecule has 4 heteroatoms. The van der Waals surface area contributed by atoms with Gasteiger partial charge in [0.2, 0.25) is 0 Å². The fourth-order valence-corrected chi connectivity index (χ4v) is 16.6. The van der Waals surface area contributed by atoms with Crippen LogP contribution < -0.4 is 21.3 Å². The van der Waals surface area contributed by atoms with Crippen molar-refractivity contribution >= 4 is 105 Å². The van der Waals surface area contributed by atoms with Gasteiger partial charge >= 0.3 is 0 Å². The summed E-state index contributed by atoms with van der Waals surface area (Å²) in [5.41, 5.74) is 29.7. The van der Waals surface area contributed by atoms with Crippen LogP contribution in [-0.4, -0.2) is 15.8 Å². The maximum atomic E-state index is 2.73. The Morgan fingerprint density at radius 3 is 1.22 bits per heavy atom. The van der Waals surface area contributed by atoms with Gasteiger partial charge in [0.15, 0.2) is 0 Å². The zero-order valence-corrected chi connectivity index (χ0v) is 61.9. The normalized spacial score (nSPS) is 13.2. The van der Waals surface area contributed by atoms with Crippen molar-refractivity contribution in [2.75, 3.05) is 4.90 Å². The van der Waals surface area contributed by atoms with E-state index in [1.807, 2.05) is 0 Å². The van der Waals surface area contributed by atoms with E-state index in [9.17, 15) is 0 Å². The smallest absolute Gasteiger partial charge is 0.252 e. The van der Waals surface area contributed by atoms with Crippen LogP contribution in [0.5, 0.6) is 0 Å². The predicted molar refractivity (Wildman–Crippen MR) is 442 cm³/mol.